The third-order valence-corrected chi connectivity index (χ3v) is 3.87. The zero-order valence-corrected chi connectivity index (χ0v) is 12.5. The van der Waals surface area contributed by atoms with Gasteiger partial charge in [0.1, 0.15) is 11.3 Å². The van der Waals surface area contributed by atoms with Gasteiger partial charge in [-0.25, -0.2) is 0 Å². The summed E-state index contributed by atoms with van der Waals surface area (Å²) in [5, 5.41) is 4.78. The molecule has 0 amide bonds. The van der Waals surface area contributed by atoms with Gasteiger partial charge < -0.3 is 9.73 Å². The van der Waals surface area contributed by atoms with Crippen LogP contribution in [0.5, 0.6) is 0 Å². The van der Waals surface area contributed by atoms with E-state index in [0.29, 0.717) is 0 Å². The molecule has 3 heteroatoms. The Balaban J connectivity index is 1.82. The standard InChI is InChI=1S/C18H20N2O/c1-3-17-16(15-8-4-5-9-18(15)21-17)12-20-13(2)14-7-6-10-19-11-14/h4-11,13,20H,3,12H2,1-2H3/t13-/m1/s1. The number of para-hydroxylation sites is 1. The Kier molecular flexibility index (Phi) is 4.02. The second-order valence-electron chi connectivity index (χ2n) is 5.24. The van der Waals surface area contributed by atoms with Gasteiger partial charge in [0.25, 0.3) is 0 Å². The molecule has 0 spiro atoms. The summed E-state index contributed by atoms with van der Waals surface area (Å²) < 4.78 is 5.93. The molecular weight excluding hydrogens is 260 g/mol. The summed E-state index contributed by atoms with van der Waals surface area (Å²) in [6, 6.07) is 12.6. The molecule has 0 fully saturated rings. The summed E-state index contributed by atoms with van der Waals surface area (Å²) in [5.41, 5.74) is 3.44. The first-order chi connectivity index (χ1) is 10.3. The SMILES string of the molecule is CCc1oc2ccccc2c1CN[C@H](C)c1cccnc1. The van der Waals surface area contributed by atoms with E-state index in [0.717, 1.165) is 24.3 Å². The van der Waals surface area contributed by atoms with Gasteiger partial charge in [-0.05, 0) is 24.6 Å². The highest BCUT2D eigenvalue weighted by molar-refractivity contribution is 5.82. The van der Waals surface area contributed by atoms with Gasteiger partial charge in [-0.2, -0.15) is 0 Å². The van der Waals surface area contributed by atoms with Crippen molar-refractivity contribution >= 4 is 11.0 Å². The lowest BCUT2D eigenvalue weighted by atomic mass is 10.1. The van der Waals surface area contributed by atoms with Gasteiger partial charge in [-0.15, -0.1) is 0 Å². The summed E-state index contributed by atoms with van der Waals surface area (Å²) in [6.45, 7) is 5.09. The Bertz CT molecular complexity index is 718. The molecule has 1 atom stereocenters. The molecular formula is C18H20N2O. The number of hydrogen-bond acceptors (Lipinski definition) is 3. The molecule has 2 aromatic heterocycles. The molecule has 3 nitrogen and oxygen atoms in total. The normalized spacial score (nSPS) is 12.7. The molecule has 0 saturated carbocycles. The maximum absolute atomic E-state index is 5.93. The highest BCUT2D eigenvalue weighted by Gasteiger charge is 2.13. The molecule has 0 unspecified atom stereocenters. The van der Waals surface area contributed by atoms with Gasteiger partial charge in [-0.3, -0.25) is 4.98 Å². The average Bonchev–Trinajstić information content (AvgIpc) is 2.91. The molecule has 2 heterocycles. The first-order valence-electron chi connectivity index (χ1n) is 7.42. The fourth-order valence-electron chi connectivity index (χ4n) is 2.63. The molecule has 21 heavy (non-hydrogen) atoms. The van der Waals surface area contributed by atoms with Crippen molar-refractivity contribution in [2.24, 2.45) is 0 Å². The lowest BCUT2D eigenvalue weighted by Crippen LogP contribution is -2.18. The van der Waals surface area contributed by atoms with Crippen molar-refractivity contribution in [3.8, 4) is 0 Å². The third kappa shape index (κ3) is 2.83. The smallest absolute Gasteiger partial charge is 0.134 e. The number of nitrogens with zero attached hydrogens (tertiary/aromatic N) is 1. The Hall–Kier alpha value is -2.13. The molecule has 3 rings (SSSR count). The first kappa shape index (κ1) is 13.8. The van der Waals surface area contributed by atoms with Crippen LogP contribution in [0.3, 0.4) is 0 Å². The van der Waals surface area contributed by atoms with Crippen molar-refractivity contribution in [3.63, 3.8) is 0 Å². The lowest BCUT2D eigenvalue weighted by molar-refractivity contribution is 0.529. The van der Waals surface area contributed by atoms with Crippen molar-refractivity contribution in [2.45, 2.75) is 32.9 Å². The van der Waals surface area contributed by atoms with E-state index in [-0.39, 0.29) is 6.04 Å². The van der Waals surface area contributed by atoms with Crippen molar-refractivity contribution < 1.29 is 4.42 Å². The number of rotatable bonds is 5. The zero-order valence-electron chi connectivity index (χ0n) is 12.5. The van der Waals surface area contributed by atoms with Crippen LogP contribution in [0, 0.1) is 0 Å². The largest absolute Gasteiger partial charge is 0.461 e. The van der Waals surface area contributed by atoms with Crippen molar-refractivity contribution in [2.75, 3.05) is 0 Å². The molecule has 108 valence electrons. The minimum absolute atomic E-state index is 0.261. The highest BCUT2D eigenvalue weighted by Crippen LogP contribution is 2.26. The van der Waals surface area contributed by atoms with E-state index >= 15 is 0 Å². The molecule has 1 N–H and O–H groups in total. The Morgan fingerprint density at radius 3 is 2.81 bits per heavy atom. The minimum atomic E-state index is 0.261. The Morgan fingerprint density at radius 2 is 2.05 bits per heavy atom. The Morgan fingerprint density at radius 1 is 1.19 bits per heavy atom. The maximum atomic E-state index is 5.93. The fourth-order valence-corrected chi connectivity index (χ4v) is 2.63. The van der Waals surface area contributed by atoms with Crippen LogP contribution in [0.25, 0.3) is 11.0 Å². The fraction of sp³-hybridized carbons (Fsp3) is 0.278. The predicted molar refractivity (Wildman–Crippen MR) is 85.1 cm³/mol. The first-order valence-corrected chi connectivity index (χ1v) is 7.42. The van der Waals surface area contributed by atoms with Gasteiger partial charge in [0.05, 0.1) is 0 Å². The molecule has 0 aliphatic rings. The van der Waals surface area contributed by atoms with Gasteiger partial charge in [-0.1, -0.05) is 31.2 Å². The molecule has 3 aromatic rings. The average molecular weight is 280 g/mol. The second-order valence-corrected chi connectivity index (χ2v) is 5.24. The highest BCUT2D eigenvalue weighted by atomic mass is 16.3. The molecule has 0 aliphatic carbocycles. The summed E-state index contributed by atoms with van der Waals surface area (Å²) in [5.74, 6) is 1.07. The molecule has 0 aliphatic heterocycles. The second kappa shape index (κ2) is 6.10. The molecule has 0 saturated heterocycles. The number of nitrogens with one attached hydrogen (secondary N) is 1. The Labute approximate surface area is 125 Å². The number of benzene rings is 1. The van der Waals surface area contributed by atoms with Crippen molar-refractivity contribution in [1.29, 1.82) is 0 Å². The lowest BCUT2D eigenvalue weighted by Gasteiger charge is -2.13. The summed E-state index contributed by atoms with van der Waals surface area (Å²) >= 11 is 0. The van der Waals surface area contributed by atoms with E-state index in [1.165, 1.54) is 16.5 Å². The van der Waals surface area contributed by atoms with E-state index < -0.39 is 0 Å². The number of fused-ring (bicyclic) bond motifs is 1. The summed E-state index contributed by atoms with van der Waals surface area (Å²) in [6.07, 6.45) is 4.62. The van der Waals surface area contributed by atoms with Crippen LogP contribution in [0.15, 0.2) is 53.2 Å². The van der Waals surface area contributed by atoms with Gasteiger partial charge >= 0.3 is 0 Å². The molecule has 1 aromatic carbocycles. The number of aromatic nitrogens is 1. The van der Waals surface area contributed by atoms with Gasteiger partial charge in [0, 0.05) is 42.4 Å². The van der Waals surface area contributed by atoms with E-state index in [4.69, 9.17) is 4.42 Å². The number of pyridine rings is 1. The molecule has 0 bridgehead atoms. The summed E-state index contributed by atoms with van der Waals surface area (Å²) in [7, 11) is 0. The minimum Gasteiger partial charge on any atom is -0.461 e. The van der Waals surface area contributed by atoms with Crippen LogP contribution >= 0.6 is 0 Å². The monoisotopic (exact) mass is 280 g/mol. The van der Waals surface area contributed by atoms with Gasteiger partial charge in [0.15, 0.2) is 0 Å². The van der Waals surface area contributed by atoms with Crippen LogP contribution in [0.1, 0.15) is 36.8 Å². The van der Waals surface area contributed by atoms with Gasteiger partial charge in [0.2, 0.25) is 0 Å². The number of furan rings is 1. The number of aryl methyl sites for hydroxylation is 1. The van der Waals surface area contributed by atoms with Crippen molar-refractivity contribution in [1.82, 2.24) is 10.3 Å². The van der Waals surface area contributed by atoms with E-state index in [1.807, 2.05) is 24.4 Å². The summed E-state index contributed by atoms with van der Waals surface area (Å²) in [4.78, 5) is 4.18. The van der Waals surface area contributed by atoms with E-state index in [1.54, 1.807) is 6.20 Å². The van der Waals surface area contributed by atoms with Crippen LogP contribution in [0.4, 0.5) is 0 Å². The topological polar surface area (TPSA) is 38.1 Å². The van der Waals surface area contributed by atoms with Crippen LogP contribution in [-0.4, -0.2) is 4.98 Å². The molecule has 0 radical (unpaired) electrons. The maximum Gasteiger partial charge on any atom is 0.134 e. The van der Waals surface area contributed by atoms with Crippen LogP contribution in [0.2, 0.25) is 0 Å². The predicted octanol–water partition coefficient (Wildman–Crippen LogP) is 4.24. The quantitative estimate of drug-likeness (QED) is 0.759. The number of hydrogen-bond donors (Lipinski definition) is 1. The van der Waals surface area contributed by atoms with Crippen LogP contribution in [-0.2, 0) is 13.0 Å². The van der Waals surface area contributed by atoms with E-state index in [9.17, 15) is 0 Å². The van der Waals surface area contributed by atoms with Crippen molar-refractivity contribution in [3.05, 3.63) is 65.7 Å². The third-order valence-electron chi connectivity index (χ3n) is 3.87. The van der Waals surface area contributed by atoms with Crippen LogP contribution < -0.4 is 5.32 Å². The van der Waals surface area contributed by atoms with E-state index in [2.05, 4.69) is 42.3 Å². The zero-order chi connectivity index (χ0) is 14.7.